The number of hydrogen-bond donors (Lipinski definition) is 2. The van der Waals surface area contributed by atoms with Gasteiger partial charge in [0, 0.05) is 24.2 Å². The Kier molecular flexibility index (Phi) is 4.90. The lowest BCUT2D eigenvalue weighted by atomic mass is 9.91. The molecule has 0 spiro atoms. The molecule has 1 fully saturated rings. The van der Waals surface area contributed by atoms with Gasteiger partial charge in [-0.05, 0) is 38.2 Å². The number of carbonyl (C=O) groups is 1. The van der Waals surface area contributed by atoms with E-state index in [4.69, 9.17) is 5.73 Å². The van der Waals surface area contributed by atoms with Crippen LogP contribution in [0.15, 0.2) is 24.3 Å². The van der Waals surface area contributed by atoms with Gasteiger partial charge >= 0.3 is 0 Å². The molecule has 1 saturated carbocycles. The van der Waals surface area contributed by atoms with Gasteiger partial charge in [-0.2, -0.15) is 0 Å². The molecule has 1 aromatic carbocycles. The number of non-ortho nitro benzene ring substituents is 1. The zero-order chi connectivity index (χ0) is 15.4. The molecule has 6 heteroatoms. The topological polar surface area (TPSA) is 98.3 Å². The van der Waals surface area contributed by atoms with Gasteiger partial charge in [0.1, 0.15) is 0 Å². The van der Waals surface area contributed by atoms with Crippen LogP contribution in [0.25, 0.3) is 0 Å². The minimum absolute atomic E-state index is 0.00999. The van der Waals surface area contributed by atoms with Crippen LogP contribution >= 0.6 is 0 Å². The summed E-state index contributed by atoms with van der Waals surface area (Å²) in [6.45, 7) is 1.77. The summed E-state index contributed by atoms with van der Waals surface area (Å²) in [5, 5.41) is 13.8. The summed E-state index contributed by atoms with van der Waals surface area (Å²) in [4.78, 5) is 22.6. The molecule has 1 unspecified atom stereocenters. The van der Waals surface area contributed by atoms with Crippen molar-refractivity contribution in [1.82, 2.24) is 5.32 Å². The van der Waals surface area contributed by atoms with Crippen molar-refractivity contribution in [3.8, 4) is 0 Å². The summed E-state index contributed by atoms with van der Waals surface area (Å²) >= 11 is 0. The highest BCUT2D eigenvalue weighted by Gasteiger charge is 2.23. The van der Waals surface area contributed by atoms with Gasteiger partial charge in [-0.15, -0.1) is 0 Å². The SMILES string of the molecule is CC(C(=O)NC1CCC(N)CC1)c1cccc([N+](=O)[O-])c1. The van der Waals surface area contributed by atoms with E-state index in [0.29, 0.717) is 5.56 Å². The lowest BCUT2D eigenvalue weighted by molar-refractivity contribution is -0.384. The molecule has 1 aromatic rings. The minimum Gasteiger partial charge on any atom is -0.353 e. The maximum Gasteiger partial charge on any atom is 0.269 e. The van der Waals surface area contributed by atoms with Crippen LogP contribution in [0.2, 0.25) is 0 Å². The van der Waals surface area contributed by atoms with E-state index in [-0.39, 0.29) is 23.7 Å². The first kappa shape index (κ1) is 15.4. The van der Waals surface area contributed by atoms with Gasteiger partial charge in [0.05, 0.1) is 10.8 Å². The van der Waals surface area contributed by atoms with Gasteiger partial charge in [-0.3, -0.25) is 14.9 Å². The number of carbonyl (C=O) groups excluding carboxylic acids is 1. The van der Waals surface area contributed by atoms with E-state index < -0.39 is 10.8 Å². The molecule has 0 radical (unpaired) electrons. The second-order valence-corrected chi connectivity index (χ2v) is 5.69. The second kappa shape index (κ2) is 6.67. The Bertz CT molecular complexity index is 525. The van der Waals surface area contributed by atoms with Crippen LogP contribution < -0.4 is 11.1 Å². The highest BCUT2D eigenvalue weighted by atomic mass is 16.6. The fourth-order valence-corrected chi connectivity index (χ4v) is 2.65. The summed E-state index contributed by atoms with van der Waals surface area (Å²) in [7, 11) is 0. The van der Waals surface area contributed by atoms with E-state index in [9.17, 15) is 14.9 Å². The van der Waals surface area contributed by atoms with Crippen molar-refractivity contribution in [3.63, 3.8) is 0 Å². The molecule has 114 valence electrons. The average Bonchev–Trinajstić information content (AvgIpc) is 2.49. The Labute approximate surface area is 123 Å². The molecule has 0 heterocycles. The third kappa shape index (κ3) is 4.01. The maximum atomic E-state index is 12.3. The van der Waals surface area contributed by atoms with Gasteiger partial charge in [0.25, 0.3) is 5.69 Å². The number of rotatable bonds is 4. The van der Waals surface area contributed by atoms with E-state index in [1.807, 2.05) is 0 Å². The smallest absolute Gasteiger partial charge is 0.269 e. The number of nitro benzene ring substituents is 1. The minimum atomic E-state index is -0.448. The standard InChI is InChI=1S/C15H21N3O3/c1-10(11-3-2-4-14(9-11)18(20)21)15(19)17-13-7-5-12(16)6-8-13/h2-4,9-10,12-13H,5-8,16H2,1H3,(H,17,19). The van der Waals surface area contributed by atoms with Gasteiger partial charge < -0.3 is 11.1 Å². The van der Waals surface area contributed by atoms with Crippen molar-refractivity contribution in [2.75, 3.05) is 0 Å². The largest absolute Gasteiger partial charge is 0.353 e. The van der Waals surface area contributed by atoms with E-state index in [1.165, 1.54) is 12.1 Å². The summed E-state index contributed by atoms with van der Waals surface area (Å²) in [5.74, 6) is -0.489. The molecule has 0 aliphatic heterocycles. The lowest BCUT2D eigenvalue weighted by Crippen LogP contribution is -2.42. The molecule has 21 heavy (non-hydrogen) atoms. The van der Waals surface area contributed by atoms with Crippen molar-refractivity contribution < 1.29 is 9.72 Å². The Morgan fingerprint density at radius 2 is 2.05 bits per heavy atom. The molecule has 1 aliphatic rings. The van der Waals surface area contributed by atoms with Crippen LogP contribution in [-0.2, 0) is 4.79 Å². The molecule has 0 saturated heterocycles. The van der Waals surface area contributed by atoms with Gasteiger partial charge in [-0.25, -0.2) is 0 Å². The molecule has 0 bridgehead atoms. The summed E-state index contributed by atoms with van der Waals surface area (Å²) in [6.07, 6.45) is 3.65. The zero-order valence-corrected chi connectivity index (χ0v) is 12.1. The van der Waals surface area contributed by atoms with Crippen LogP contribution in [0.4, 0.5) is 5.69 Å². The van der Waals surface area contributed by atoms with Crippen molar-refractivity contribution in [3.05, 3.63) is 39.9 Å². The van der Waals surface area contributed by atoms with E-state index >= 15 is 0 Å². The third-order valence-corrected chi connectivity index (χ3v) is 4.09. The molecule has 1 amide bonds. The van der Waals surface area contributed by atoms with Crippen LogP contribution in [0.1, 0.15) is 44.1 Å². The number of hydrogen-bond acceptors (Lipinski definition) is 4. The normalized spacial score (nSPS) is 23.3. The van der Waals surface area contributed by atoms with Crippen molar-refractivity contribution >= 4 is 11.6 Å². The van der Waals surface area contributed by atoms with E-state index in [1.54, 1.807) is 19.1 Å². The predicted molar refractivity (Wildman–Crippen MR) is 79.9 cm³/mol. The highest BCUT2D eigenvalue weighted by Crippen LogP contribution is 2.22. The van der Waals surface area contributed by atoms with Crippen molar-refractivity contribution in [2.45, 2.75) is 50.6 Å². The lowest BCUT2D eigenvalue weighted by Gasteiger charge is -2.27. The molecular formula is C15H21N3O3. The number of nitrogens with two attached hydrogens (primary N) is 1. The van der Waals surface area contributed by atoms with E-state index in [0.717, 1.165) is 25.7 Å². The molecule has 3 N–H and O–H groups in total. The van der Waals surface area contributed by atoms with Crippen LogP contribution in [0.5, 0.6) is 0 Å². The second-order valence-electron chi connectivity index (χ2n) is 5.69. The summed E-state index contributed by atoms with van der Waals surface area (Å²) < 4.78 is 0. The van der Waals surface area contributed by atoms with Gasteiger partial charge in [-0.1, -0.05) is 12.1 Å². The van der Waals surface area contributed by atoms with Crippen molar-refractivity contribution in [2.24, 2.45) is 5.73 Å². The molecule has 0 aromatic heterocycles. The molecule has 6 nitrogen and oxygen atoms in total. The Balaban J connectivity index is 1.99. The number of nitro groups is 1. The van der Waals surface area contributed by atoms with Crippen molar-refractivity contribution in [1.29, 1.82) is 0 Å². The highest BCUT2D eigenvalue weighted by molar-refractivity contribution is 5.83. The van der Waals surface area contributed by atoms with Gasteiger partial charge in [0.2, 0.25) is 5.91 Å². The molecular weight excluding hydrogens is 270 g/mol. The number of benzene rings is 1. The fraction of sp³-hybridized carbons (Fsp3) is 0.533. The quantitative estimate of drug-likeness (QED) is 0.655. The maximum absolute atomic E-state index is 12.3. The number of nitrogens with one attached hydrogen (secondary N) is 1. The average molecular weight is 291 g/mol. The third-order valence-electron chi connectivity index (χ3n) is 4.09. The predicted octanol–water partition coefficient (Wildman–Crippen LogP) is 2.08. The molecule has 2 rings (SSSR count). The fourth-order valence-electron chi connectivity index (χ4n) is 2.65. The number of amides is 1. The molecule has 1 atom stereocenters. The van der Waals surface area contributed by atoms with Crippen LogP contribution in [-0.4, -0.2) is 22.9 Å². The first-order valence-electron chi connectivity index (χ1n) is 7.27. The summed E-state index contributed by atoms with van der Waals surface area (Å²) in [6, 6.07) is 6.65. The molecule has 1 aliphatic carbocycles. The Morgan fingerprint density at radius 1 is 1.38 bits per heavy atom. The van der Waals surface area contributed by atoms with Crippen LogP contribution in [0.3, 0.4) is 0 Å². The summed E-state index contributed by atoms with van der Waals surface area (Å²) in [5.41, 5.74) is 6.52. The Hall–Kier alpha value is -1.95. The monoisotopic (exact) mass is 291 g/mol. The first-order chi connectivity index (χ1) is 9.97. The van der Waals surface area contributed by atoms with Crippen LogP contribution in [0, 0.1) is 10.1 Å². The first-order valence-corrected chi connectivity index (χ1v) is 7.27. The van der Waals surface area contributed by atoms with Gasteiger partial charge in [0.15, 0.2) is 0 Å². The van der Waals surface area contributed by atoms with E-state index in [2.05, 4.69) is 5.32 Å². The number of nitrogens with zero attached hydrogens (tertiary/aromatic N) is 1. The Morgan fingerprint density at radius 3 is 2.67 bits per heavy atom. The zero-order valence-electron chi connectivity index (χ0n) is 12.1.